The Morgan fingerprint density at radius 1 is 1.57 bits per heavy atom. The van der Waals surface area contributed by atoms with Gasteiger partial charge in [-0.3, -0.25) is 9.05 Å². The fourth-order valence-corrected chi connectivity index (χ4v) is 3.95. The van der Waals surface area contributed by atoms with E-state index in [0.717, 1.165) is 0 Å². The number of phosphoric acid groups is 1. The molecule has 0 spiro atoms. The molecular weight excluding hydrogens is 332 g/mol. The normalized spacial score (nSPS) is 40.4. The number of nitrogens with two attached hydrogens (primary N) is 1. The molecule has 3 N–H and O–H groups in total. The zero-order valence-electron chi connectivity index (χ0n) is 11.9. The standard InChI is InChI=1S/C11H13FN5O5P/c1-11(12)7(21-6-3-20-23(18,19)22-8(6)11)5-2-14-10-9(13)15-4-16-17(5)10/h2,4,6-8H,3H2,1H3,(H,18,19)(H2,13,15,16)/t6-,7?,8-,11+/m1/s1. The summed E-state index contributed by atoms with van der Waals surface area (Å²) < 4.78 is 43.4. The summed E-state index contributed by atoms with van der Waals surface area (Å²) in [5, 5.41) is 4.00. The highest BCUT2D eigenvalue weighted by atomic mass is 31.2. The summed E-state index contributed by atoms with van der Waals surface area (Å²) in [4.78, 5) is 17.3. The Morgan fingerprint density at radius 3 is 3.13 bits per heavy atom. The van der Waals surface area contributed by atoms with Gasteiger partial charge >= 0.3 is 7.82 Å². The molecule has 2 saturated heterocycles. The van der Waals surface area contributed by atoms with Crippen molar-refractivity contribution in [2.75, 3.05) is 12.3 Å². The monoisotopic (exact) mass is 345 g/mol. The first-order valence-electron chi connectivity index (χ1n) is 6.74. The van der Waals surface area contributed by atoms with Gasteiger partial charge in [-0.25, -0.2) is 23.4 Å². The molecule has 2 unspecified atom stereocenters. The second kappa shape index (κ2) is 4.68. The average molecular weight is 345 g/mol. The summed E-state index contributed by atoms with van der Waals surface area (Å²) in [7, 11) is -4.28. The molecule has 2 fully saturated rings. The molecule has 4 heterocycles. The SMILES string of the molecule is C[C@]1(F)C(c2cnc3c(N)ncnn23)O[C@@H]2COP(=O)(O)O[C@H]21. The maximum atomic E-state index is 15.3. The Morgan fingerprint density at radius 2 is 2.35 bits per heavy atom. The summed E-state index contributed by atoms with van der Waals surface area (Å²) in [6, 6.07) is 0. The van der Waals surface area contributed by atoms with Gasteiger partial charge in [0, 0.05) is 0 Å². The third kappa shape index (κ3) is 2.16. The molecule has 12 heteroatoms. The minimum atomic E-state index is -4.28. The van der Waals surface area contributed by atoms with Crippen LogP contribution in [-0.2, 0) is 18.3 Å². The zero-order valence-corrected chi connectivity index (χ0v) is 12.8. The van der Waals surface area contributed by atoms with Gasteiger partial charge in [0.1, 0.15) is 24.6 Å². The van der Waals surface area contributed by atoms with Crippen molar-refractivity contribution < 1.29 is 27.6 Å². The molecule has 0 aromatic carbocycles. The lowest BCUT2D eigenvalue weighted by Crippen LogP contribution is -2.44. The molecule has 2 aliphatic heterocycles. The number of aromatic nitrogens is 4. The topological polar surface area (TPSA) is 134 Å². The number of alkyl halides is 1. The van der Waals surface area contributed by atoms with Crippen molar-refractivity contribution in [1.29, 1.82) is 0 Å². The van der Waals surface area contributed by atoms with Crippen molar-refractivity contribution in [1.82, 2.24) is 19.6 Å². The Hall–Kier alpha value is -1.65. The average Bonchev–Trinajstić information content (AvgIpc) is 2.99. The molecule has 10 nitrogen and oxygen atoms in total. The van der Waals surface area contributed by atoms with E-state index in [1.165, 1.54) is 24.0 Å². The second-order valence-corrected chi connectivity index (χ2v) is 6.97. The van der Waals surface area contributed by atoms with E-state index in [1.807, 2.05) is 0 Å². The molecule has 5 atom stereocenters. The van der Waals surface area contributed by atoms with Gasteiger partial charge in [-0.2, -0.15) is 5.10 Å². The van der Waals surface area contributed by atoms with Crippen molar-refractivity contribution in [2.45, 2.75) is 30.9 Å². The molecule has 0 bridgehead atoms. The Kier molecular flexibility index (Phi) is 3.03. The lowest BCUT2D eigenvalue weighted by atomic mass is 9.93. The Labute approximate surface area is 129 Å². The summed E-state index contributed by atoms with van der Waals surface area (Å²) in [6.07, 6.45) is -0.606. The predicted molar refractivity (Wildman–Crippen MR) is 73.0 cm³/mol. The highest BCUT2D eigenvalue weighted by Gasteiger charge is 2.61. The molecule has 2 aliphatic rings. The van der Waals surface area contributed by atoms with Gasteiger partial charge in [0.05, 0.1) is 18.5 Å². The lowest BCUT2D eigenvalue weighted by molar-refractivity contribution is -0.0561. The van der Waals surface area contributed by atoms with Crippen molar-refractivity contribution in [2.24, 2.45) is 0 Å². The van der Waals surface area contributed by atoms with Crippen LogP contribution in [0.1, 0.15) is 18.7 Å². The van der Waals surface area contributed by atoms with E-state index in [2.05, 4.69) is 19.6 Å². The van der Waals surface area contributed by atoms with Gasteiger partial charge < -0.3 is 15.4 Å². The van der Waals surface area contributed by atoms with Gasteiger partial charge in [-0.05, 0) is 6.92 Å². The van der Waals surface area contributed by atoms with Crippen molar-refractivity contribution in [3.05, 3.63) is 18.2 Å². The molecule has 2 aromatic heterocycles. The maximum absolute atomic E-state index is 15.3. The van der Waals surface area contributed by atoms with Crippen LogP contribution in [0, 0.1) is 0 Å². The second-order valence-electron chi connectivity index (χ2n) is 5.56. The number of nitrogens with zero attached hydrogens (tertiary/aromatic N) is 4. The number of hydrogen-bond acceptors (Lipinski definition) is 8. The maximum Gasteiger partial charge on any atom is 0.472 e. The number of hydrogen-bond donors (Lipinski definition) is 2. The van der Waals surface area contributed by atoms with Gasteiger partial charge in [-0.1, -0.05) is 0 Å². The van der Waals surface area contributed by atoms with E-state index in [9.17, 15) is 9.46 Å². The number of nitrogen functional groups attached to an aromatic ring is 1. The van der Waals surface area contributed by atoms with Crippen LogP contribution in [0.25, 0.3) is 5.65 Å². The molecule has 0 saturated carbocycles. The predicted octanol–water partition coefficient (Wildman–Crippen LogP) is 0.390. The number of halogens is 1. The molecule has 4 rings (SSSR count). The first kappa shape index (κ1) is 14.9. The van der Waals surface area contributed by atoms with E-state index in [-0.39, 0.29) is 18.1 Å². The summed E-state index contributed by atoms with van der Waals surface area (Å²) in [6.45, 7) is 0.986. The fraction of sp³-hybridized carbons (Fsp3) is 0.545. The van der Waals surface area contributed by atoms with Gasteiger partial charge in [0.25, 0.3) is 0 Å². The van der Waals surface area contributed by atoms with Crippen molar-refractivity contribution in [3.63, 3.8) is 0 Å². The van der Waals surface area contributed by atoms with E-state index >= 15 is 4.39 Å². The van der Waals surface area contributed by atoms with Gasteiger partial charge in [0.15, 0.2) is 17.1 Å². The van der Waals surface area contributed by atoms with Crippen LogP contribution in [-0.4, -0.2) is 49.0 Å². The van der Waals surface area contributed by atoms with Crippen LogP contribution in [0.4, 0.5) is 10.2 Å². The third-order valence-electron chi connectivity index (χ3n) is 3.99. The van der Waals surface area contributed by atoms with Crippen LogP contribution in [0.5, 0.6) is 0 Å². The quantitative estimate of drug-likeness (QED) is 0.704. The third-order valence-corrected chi connectivity index (χ3v) is 4.96. The summed E-state index contributed by atoms with van der Waals surface area (Å²) in [5.41, 5.74) is 4.17. The van der Waals surface area contributed by atoms with Crippen LogP contribution in [0.3, 0.4) is 0 Å². The molecule has 2 aromatic rings. The number of imidazole rings is 1. The minimum Gasteiger partial charge on any atom is -0.381 e. The van der Waals surface area contributed by atoms with E-state index < -0.39 is 31.8 Å². The number of phosphoric ester groups is 1. The Balaban J connectivity index is 1.77. The van der Waals surface area contributed by atoms with Crippen LogP contribution < -0.4 is 5.73 Å². The van der Waals surface area contributed by atoms with Crippen LogP contribution in [0.2, 0.25) is 0 Å². The van der Waals surface area contributed by atoms with Crippen LogP contribution in [0.15, 0.2) is 12.5 Å². The first-order chi connectivity index (χ1) is 10.8. The molecule has 0 amide bonds. The fourth-order valence-electron chi connectivity index (χ4n) is 2.92. The molecular formula is C11H13FN5O5P. The van der Waals surface area contributed by atoms with Gasteiger partial charge in [0.2, 0.25) is 0 Å². The van der Waals surface area contributed by atoms with E-state index in [1.54, 1.807) is 0 Å². The van der Waals surface area contributed by atoms with E-state index in [0.29, 0.717) is 5.69 Å². The highest BCUT2D eigenvalue weighted by Crippen LogP contribution is 2.57. The number of fused-ring (bicyclic) bond motifs is 2. The van der Waals surface area contributed by atoms with Crippen molar-refractivity contribution >= 4 is 19.3 Å². The Bertz CT molecular complexity index is 828. The number of ether oxygens (including phenoxy) is 1. The minimum absolute atomic E-state index is 0.140. The molecule has 0 aliphatic carbocycles. The number of anilines is 1. The zero-order chi connectivity index (χ0) is 16.4. The summed E-state index contributed by atoms with van der Waals surface area (Å²) in [5.74, 6) is 0.140. The largest absolute Gasteiger partial charge is 0.472 e. The molecule has 124 valence electrons. The lowest BCUT2D eigenvalue weighted by Gasteiger charge is -2.31. The molecule has 0 radical (unpaired) electrons. The van der Waals surface area contributed by atoms with Crippen LogP contribution >= 0.6 is 7.82 Å². The smallest absolute Gasteiger partial charge is 0.381 e. The highest BCUT2D eigenvalue weighted by molar-refractivity contribution is 7.47. The summed E-state index contributed by atoms with van der Waals surface area (Å²) >= 11 is 0. The first-order valence-corrected chi connectivity index (χ1v) is 8.23. The molecule has 23 heavy (non-hydrogen) atoms. The van der Waals surface area contributed by atoms with Gasteiger partial charge in [-0.15, -0.1) is 0 Å². The number of rotatable bonds is 1. The van der Waals surface area contributed by atoms with E-state index in [4.69, 9.17) is 15.0 Å². The van der Waals surface area contributed by atoms with Crippen molar-refractivity contribution in [3.8, 4) is 0 Å².